The maximum atomic E-state index is 11.8. The molecule has 0 aromatic heterocycles. The molecule has 0 aliphatic carbocycles. The molecule has 102 valence electrons. The number of amides is 2. The average Bonchev–Trinajstić information content (AvgIpc) is 2.83. The molecule has 0 bridgehead atoms. The quantitative estimate of drug-likeness (QED) is 0.836. The Balaban J connectivity index is 1.85. The second kappa shape index (κ2) is 5.73. The fourth-order valence-corrected chi connectivity index (χ4v) is 2.04. The highest BCUT2D eigenvalue weighted by Crippen LogP contribution is 2.12. The van der Waals surface area contributed by atoms with Crippen LogP contribution in [0.15, 0.2) is 24.3 Å². The van der Waals surface area contributed by atoms with Crippen molar-refractivity contribution >= 4 is 17.5 Å². The number of hydrogen-bond acceptors (Lipinski definition) is 3. The van der Waals surface area contributed by atoms with E-state index in [1.165, 1.54) is 0 Å². The number of carbonyl (C=O) groups excluding carboxylic acids is 2. The SMILES string of the molecule is CN(C)c1ccc(CNC(=O)C2CCC(=O)N2)cc1. The first-order chi connectivity index (χ1) is 9.06. The third-order valence-electron chi connectivity index (χ3n) is 3.23. The van der Waals surface area contributed by atoms with Crippen molar-refractivity contribution in [1.29, 1.82) is 0 Å². The highest BCUT2D eigenvalue weighted by atomic mass is 16.2. The molecule has 1 heterocycles. The molecule has 1 aromatic carbocycles. The van der Waals surface area contributed by atoms with Gasteiger partial charge in [-0.2, -0.15) is 0 Å². The minimum atomic E-state index is -0.367. The molecule has 1 aliphatic heterocycles. The van der Waals surface area contributed by atoms with Gasteiger partial charge in [-0.3, -0.25) is 9.59 Å². The average molecular weight is 261 g/mol. The van der Waals surface area contributed by atoms with Crippen LogP contribution >= 0.6 is 0 Å². The van der Waals surface area contributed by atoms with Crippen molar-refractivity contribution in [3.8, 4) is 0 Å². The molecule has 1 aliphatic rings. The first-order valence-electron chi connectivity index (χ1n) is 6.39. The van der Waals surface area contributed by atoms with Crippen LogP contribution in [0.4, 0.5) is 5.69 Å². The normalized spacial score (nSPS) is 18.0. The van der Waals surface area contributed by atoms with Crippen molar-refractivity contribution in [1.82, 2.24) is 10.6 Å². The second-order valence-corrected chi connectivity index (χ2v) is 4.94. The van der Waals surface area contributed by atoms with E-state index in [1.54, 1.807) is 0 Å². The predicted molar refractivity (Wildman–Crippen MR) is 73.8 cm³/mol. The van der Waals surface area contributed by atoms with E-state index in [2.05, 4.69) is 10.6 Å². The Hall–Kier alpha value is -2.04. The topological polar surface area (TPSA) is 61.4 Å². The van der Waals surface area contributed by atoms with Gasteiger partial charge in [-0.05, 0) is 24.1 Å². The Morgan fingerprint density at radius 2 is 2.05 bits per heavy atom. The fraction of sp³-hybridized carbons (Fsp3) is 0.429. The summed E-state index contributed by atoms with van der Waals surface area (Å²) >= 11 is 0. The van der Waals surface area contributed by atoms with Gasteiger partial charge in [0.15, 0.2) is 0 Å². The van der Waals surface area contributed by atoms with Crippen LogP contribution in [0.1, 0.15) is 18.4 Å². The van der Waals surface area contributed by atoms with Crippen molar-refractivity contribution in [2.24, 2.45) is 0 Å². The van der Waals surface area contributed by atoms with Gasteiger partial charge in [-0.15, -0.1) is 0 Å². The molecule has 1 saturated heterocycles. The molecule has 2 amide bonds. The van der Waals surface area contributed by atoms with Crippen molar-refractivity contribution in [2.75, 3.05) is 19.0 Å². The largest absolute Gasteiger partial charge is 0.378 e. The van der Waals surface area contributed by atoms with Gasteiger partial charge in [0, 0.05) is 32.7 Å². The Kier molecular flexibility index (Phi) is 4.04. The summed E-state index contributed by atoms with van der Waals surface area (Å²) in [6.07, 6.45) is 1.03. The van der Waals surface area contributed by atoms with E-state index >= 15 is 0 Å². The Morgan fingerprint density at radius 3 is 2.58 bits per heavy atom. The van der Waals surface area contributed by atoms with E-state index in [9.17, 15) is 9.59 Å². The van der Waals surface area contributed by atoms with Gasteiger partial charge < -0.3 is 15.5 Å². The summed E-state index contributed by atoms with van der Waals surface area (Å²) in [5.41, 5.74) is 2.17. The van der Waals surface area contributed by atoms with E-state index in [0.717, 1.165) is 11.3 Å². The number of nitrogens with one attached hydrogen (secondary N) is 2. The fourth-order valence-electron chi connectivity index (χ4n) is 2.04. The smallest absolute Gasteiger partial charge is 0.242 e. The lowest BCUT2D eigenvalue weighted by Crippen LogP contribution is -2.41. The van der Waals surface area contributed by atoms with Crippen molar-refractivity contribution < 1.29 is 9.59 Å². The van der Waals surface area contributed by atoms with E-state index in [4.69, 9.17) is 0 Å². The Morgan fingerprint density at radius 1 is 1.37 bits per heavy atom. The lowest BCUT2D eigenvalue weighted by atomic mass is 10.2. The van der Waals surface area contributed by atoms with Crippen LogP contribution in [0.5, 0.6) is 0 Å². The molecule has 2 N–H and O–H groups in total. The minimum absolute atomic E-state index is 0.0458. The van der Waals surface area contributed by atoms with Gasteiger partial charge in [-0.1, -0.05) is 12.1 Å². The van der Waals surface area contributed by atoms with Crippen molar-refractivity contribution in [3.63, 3.8) is 0 Å². The lowest BCUT2D eigenvalue weighted by Gasteiger charge is -2.14. The van der Waals surface area contributed by atoms with Crippen LogP contribution in [-0.4, -0.2) is 32.0 Å². The first kappa shape index (κ1) is 13.4. The number of rotatable bonds is 4. The van der Waals surface area contributed by atoms with Gasteiger partial charge in [-0.25, -0.2) is 0 Å². The maximum absolute atomic E-state index is 11.8. The summed E-state index contributed by atoms with van der Waals surface area (Å²) in [6, 6.07) is 7.64. The number of carbonyl (C=O) groups is 2. The Bertz CT molecular complexity index is 468. The Labute approximate surface area is 113 Å². The third-order valence-corrected chi connectivity index (χ3v) is 3.23. The molecule has 2 rings (SSSR count). The molecule has 0 spiro atoms. The zero-order valence-corrected chi connectivity index (χ0v) is 11.3. The lowest BCUT2D eigenvalue weighted by molar-refractivity contribution is -0.125. The number of benzene rings is 1. The second-order valence-electron chi connectivity index (χ2n) is 4.94. The van der Waals surface area contributed by atoms with Crippen LogP contribution in [0.2, 0.25) is 0 Å². The number of hydrogen-bond donors (Lipinski definition) is 2. The van der Waals surface area contributed by atoms with Crippen LogP contribution in [0.25, 0.3) is 0 Å². The van der Waals surface area contributed by atoms with Crippen molar-refractivity contribution in [3.05, 3.63) is 29.8 Å². The third kappa shape index (κ3) is 3.47. The monoisotopic (exact) mass is 261 g/mol. The molecular weight excluding hydrogens is 242 g/mol. The summed E-state index contributed by atoms with van der Waals surface area (Å²) in [5.74, 6) is -0.155. The summed E-state index contributed by atoms with van der Waals surface area (Å²) in [5, 5.41) is 5.50. The molecule has 1 atom stereocenters. The highest BCUT2D eigenvalue weighted by molar-refractivity contribution is 5.90. The standard InChI is InChI=1S/C14H19N3O2/c1-17(2)11-5-3-10(4-6-11)9-15-14(19)12-7-8-13(18)16-12/h3-6,12H,7-9H2,1-2H3,(H,15,19)(H,16,18). The minimum Gasteiger partial charge on any atom is -0.378 e. The van der Waals surface area contributed by atoms with Gasteiger partial charge in [0.05, 0.1) is 0 Å². The van der Waals surface area contributed by atoms with Gasteiger partial charge in [0.1, 0.15) is 6.04 Å². The molecule has 1 aromatic rings. The van der Waals surface area contributed by atoms with Gasteiger partial charge in [0.2, 0.25) is 11.8 Å². The van der Waals surface area contributed by atoms with Crippen LogP contribution in [-0.2, 0) is 16.1 Å². The van der Waals surface area contributed by atoms with E-state index in [0.29, 0.717) is 19.4 Å². The number of anilines is 1. The molecular formula is C14H19N3O2. The zero-order chi connectivity index (χ0) is 13.8. The molecule has 5 nitrogen and oxygen atoms in total. The first-order valence-corrected chi connectivity index (χ1v) is 6.39. The van der Waals surface area contributed by atoms with Crippen LogP contribution in [0, 0.1) is 0 Å². The maximum Gasteiger partial charge on any atom is 0.242 e. The molecule has 19 heavy (non-hydrogen) atoms. The van der Waals surface area contributed by atoms with E-state index in [-0.39, 0.29) is 17.9 Å². The van der Waals surface area contributed by atoms with Gasteiger partial charge in [0.25, 0.3) is 0 Å². The molecule has 1 fully saturated rings. The molecule has 0 saturated carbocycles. The number of nitrogens with zero attached hydrogens (tertiary/aromatic N) is 1. The zero-order valence-electron chi connectivity index (χ0n) is 11.3. The van der Waals surface area contributed by atoms with E-state index < -0.39 is 0 Å². The summed E-state index contributed by atoms with van der Waals surface area (Å²) in [4.78, 5) is 24.9. The molecule has 5 heteroatoms. The summed E-state index contributed by atoms with van der Waals surface area (Å²) in [6.45, 7) is 0.485. The van der Waals surface area contributed by atoms with Crippen molar-refractivity contribution in [2.45, 2.75) is 25.4 Å². The predicted octanol–water partition coefficient (Wildman–Crippen LogP) is 0.647. The summed E-state index contributed by atoms with van der Waals surface area (Å²) in [7, 11) is 3.97. The molecule has 1 unspecified atom stereocenters. The summed E-state index contributed by atoms with van der Waals surface area (Å²) < 4.78 is 0. The highest BCUT2D eigenvalue weighted by Gasteiger charge is 2.26. The van der Waals surface area contributed by atoms with Crippen LogP contribution in [0.3, 0.4) is 0 Å². The van der Waals surface area contributed by atoms with E-state index in [1.807, 2.05) is 43.3 Å². The van der Waals surface area contributed by atoms with Gasteiger partial charge >= 0.3 is 0 Å². The molecule has 0 radical (unpaired) electrons. The van der Waals surface area contributed by atoms with Crippen LogP contribution < -0.4 is 15.5 Å².